The predicted octanol–water partition coefficient (Wildman–Crippen LogP) is 5.19. The molecule has 5 nitrogen and oxygen atoms in total. The number of carbonyl (C=O) groups excluding carboxylic acids is 1. The van der Waals surface area contributed by atoms with Crippen LogP contribution in [-0.2, 0) is 4.79 Å². The number of thioether (sulfide) groups is 1. The van der Waals surface area contributed by atoms with Crippen molar-refractivity contribution in [1.82, 2.24) is 14.8 Å². The molecular formula is C20H18ClFN4OS. The number of halogens is 2. The van der Waals surface area contributed by atoms with E-state index in [1.165, 1.54) is 17.8 Å². The van der Waals surface area contributed by atoms with Crippen molar-refractivity contribution in [3.8, 4) is 11.4 Å². The number of aromatic nitrogens is 3. The smallest absolute Gasteiger partial charge is 0.237 e. The maximum atomic E-state index is 14.3. The van der Waals surface area contributed by atoms with Crippen LogP contribution in [0.15, 0.2) is 53.7 Å². The molecule has 1 unspecified atom stereocenters. The molecule has 1 saturated carbocycles. The van der Waals surface area contributed by atoms with Gasteiger partial charge in [0.05, 0.1) is 10.8 Å². The second-order valence-corrected chi connectivity index (χ2v) is 8.39. The first-order valence-corrected chi connectivity index (χ1v) is 10.2. The van der Waals surface area contributed by atoms with E-state index in [1.54, 1.807) is 49.4 Å². The number of nitrogens with one attached hydrogen (secondary N) is 1. The van der Waals surface area contributed by atoms with Crippen molar-refractivity contribution < 1.29 is 9.18 Å². The van der Waals surface area contributed by atoms with Crippen LogP contribution in [0.5, 0.6) is 0 Å². The molecule has 1 amide bonds. The van der Waals surface area contributed by atoms with Crippen LogP contribution in [0.25, 0.3) is 11.4 Å². The lowest BCUT2D eigenvalue weighted by molar-refractivity contribution is -0.115. The molecule has 8 heteroatoms. The fraction of sp³-hybridized carbons (Fsp3) is 0.250. The number of nitrogens with zero attached hydrogens (tertiary/aromatic N) is 3. The summed E-state index contributed by atoms with van der Waals surface area (Å²) >= 11 is 7.28. The van der Waals surface area contributed by atoms with Gasteiger partial charge in [-0.1, -0.05) is 41.6 Å². The van der Waals surface area contributed by atoms with Crippen molar-refractivity contribution in [3.63, 3.8) is 0 Å². The Bertz CT molecular complexity index is 1020. The van der Waals surface area contributed by atoms with Gasteiger partial charge in [-0.2, -0.15) is 0 Å². The van der Waals surface area contributed by atoms with Crippen LogP contribution in [0.2, 0.25) is 5.02 Å². The molecule has 0 bridgehead atoms. The molecule has 144 valence electrons. The minimum absolute atomic E-state index is 0.162. The van der Waals surface area contributed by atoms with Crippen LogP contribution >= 0.6 is 23.4 Å². The lowest BCUT2D eigenvalue weighted by atomic mass is 10.2. The van der Waals surface area contributed by atoms with Crippen molar-refractivity contribution in [2.45, 2.75) is 36.2 Å². The number of benzene rings is 2. The van der Waals surface area contributed by atoms with Gasteiger partial charge < -0.3 is 5.32 Å². The van der Waals surface area contributed by atoms with Crippen LogP contribution in [-0.4, -0.2) is 25.9 Å². The average molecular weight is 417 g/mol. The molecule has 28 heavy (non-hydrogen) atoms. The number of amides is 1. The highest BCUT2D eigenvalue weighted by Gasteiger charge is 2.32. The van der Waals surface area contributed by atoms with E-state index in [0.717, 1.165) is 12.8 Å². The van der Waals surface area contributed by atoms with Gasteiger partial charge in [0.1, 0.15) is 5.82 Å². The molecule has 4 rings (SSSR count). The van der Waals surface area contributed by atoms with Gasteiger partial charge in [-0.15, -0.1) is 10.2 Å². The first-order valence-electron chi connectivity index (χ1n) is 8.96. The zero-order chi connectivity index (χ0) is 19.7. The fourth-order valence-corrected chi connectivity index (χ4v) is 3.98. The maximum absolute atomic E-state index is 14.3. The van der Waals surface area contributed by atoms with Crippen LogP contribution in [0.4, 0.5) is 10.1 Å². The standard InChI is InChI=1S/C20H18ClFN4OS/c1-12(19(27)23-14-6-4-5-13(21)11-14)28-20-25-24-18(26(20)15-9-10-15)16-7-2-3-8-17(16)22/h2-8,11-12,15H,9-10H2,1H3,(H,23,27). The Kier molecular flexibility index (Phi) is 5.37. The van der Waals surface area contributed by atoms with Gasteiger partial charge >= 0.3 is 0 Å². The average Bonchev–Trinajstić information content (AvgIpc) is 3.43. The molecule has 3 aromatic rings. The second kappa shape index (κ2) is 7.93. The van der Waals surface area contributed by atoms with E-state index in [9.17, 15) is 9.18 Å². The summed E-state index contributed by atoms with van der Waals surface area (Å²) in [6.45, 7) is 1.80. The summed E-state index contributed by atoms with van der Waals surface area (Å²) < 4.78 is 16.2. The number of rotatable bonds is 6. The molecule has 1 atom stereocenters. The fourth-order valence-electron chi connectivity index (χ4n) is 2.87. The van der Waals surface area contributed by atoms with E-state index < -0.39 is 5.25 Å². The zero-order valence-corrected chi connectivity index (χ0v) is 16.7. The summed E-state index contributed by atoms with van der Waals surface area (Å²) in [5.41, 5.74) is 1.06. The van der Waals surface area contributed by atoms with Crippen molar-refractivity contribution >= 4 is 35.0 Å². The van der Waals surface area contributed by atoms with Crippen molar-refractivity contribution in [1.29, 1.82) is 0 Å². The van der Waals surface area contributed by atoms with Crippen molar-refractivity contribution in [2.75, 3.05) is 5.32 Å². The first-order chi connectivity index (χ1) is 13.5. The van der Waals surface area contributed by atoms with E-state index in [2.05, 4.69) is 15.5 Å². The lowest BCUT2D eigenvalue weighted by Crippen LogP contribution is -2.23. The van der Waals surface area contributed by atoms with Crippen molar-refractivity contribution in [2.24, 2.45) is 0 Å². The van der Waals surface area contributed by atoms with Gasteiger partial charge in [-0.05, 0) is 50.1 Å². The molecule has 1 aliphatic carbocycles. The number of carbonyl (C=O) groups is 1. The van der Waals surface area contributed by atoms with Gasteiger partial charge in [0.15, 0.2) is 11.0 Å². The minimum Gasteiger partial charge on any atom is -0.325 e. The number of hydrogen-bond donors (Lipinski definition) is 1. The summed E-state index contributed by atoms with van der Waals surface area (Å²) in [4.78, 5) is 12.6. The third kappa shape index (κ3) is 4.05. The van der Waals surface area contributed by atoms with Crippen LogP contribution in [0.3, 0.4) is 0 Å². The molecule has 1 aliphatic rings. The second-order valence-electron chi connectivity index (χ2n) is 6.65. The highest BCUT2D eigenvalue weighted by Crippen LogP contribution is 2.42. The Morgan fingerprint density at radius 3 is 2.75 bits per heavy atom. The first kappa shape index (κ1) is 19.0. The summed E-state index contributed by atoms with van der Waals surface area (Å²) in [5, 5.41) is 12.1. The highest BCUT2D eigenvalue weighted by molar-refractivity contribution is 8.00. The van der Waals surface area contributed by atoms with Gasteiger partial charge in [0.2, 0.25) is 5.91 Å². The topological polar surface area (TPSA) is 59.8 Å². The number of anilines is 1. The molecule has 1 heterocycles. The zero-order valence-electron chi connectivity index (χ0n) is 15.1. The van der Waals surface area contributed by atoms with E-state index in [0.29, 0.717) is 27.3 Å². The van der Waals surface area contributed by atoms with Gasteiger partial charge in [-0.25, -0.2) is 4.39 Å². The van der Waals surface area contributed by atoms with E-state index in [4.69, 9.17) is 11.6 Å². The third-order valence-corrected chi connectivity index (χ3v) is 5.73. The largest absolute Gasteiger partial charge is 0.325 e. The van der Waals surface area contributed by atoms with Crippen molar-refractivity contribution in [3.05, 3.63) is 59.4 Å². The summed E-state index contributed by atoms with van der Waals surface area (Å²) in [5.74, 6) is 0.00991. The Balaban J connectivity index is 1.55. The molecule has 0 radical (unpaired) electrons. The molecule has 1 fully saturated rings. The molecule has 1 aromatic heterocycles. The SMILES string of the molecule is CC(Sc1nnc(-c2ccccc2F)n1C1CC1)C(=O)Nc1cccc(Cl)c1. The lowest BCUT2D eigenvalue weighted by Gasteiger charge is -2.13. The van der Waals surface area contributed by atoms with E-state index >= 15 is 0 Å². The quantitative estimate of drug-likeness (QED) is 0.561. The highest BCUT2D eigenvalue weighted by atomic mass is 35.5. The molecule has 0 spiro atoms. The molecule has 0 saturated heterocycles. The summed E-state index contributed by atoms with van der Waals surface area (Å²) in [6, 6.07) is 13.8. The molecule has 0 aliphatic heterocycles. The van der Waals surface area contributed by atoms with Gasteiger partial charge in [0.25, 0.3) is 0 Å². The molecule has 1 N–H and O–H groups in total. The monoisotopic (exact) mass is 416 g/mol. The Morgan fingerprint density at radius 2 is 2.04 bits per heavy atom. The molecule has 2 aromatic carbocycles. The van der Waals surface area contributed by atoms with Crippen LogP contribution in [0, 0.1) is 5.82 Å². The Labute approximate surface area is 171 Å². The molecular weight excluding hydrogens is 399 g/mol. The Hall–Kier alpha value is -2.38. The third-order valence-electron chi connectivity index (χ3n) is 4.43. The Morgan fingerprint density at radius 1 is 1.25 bits per heavy atom. The minimum atomic E-state index is -0.408. The summed E-state index contributed by atoms with van der Waals surface area (Å²) in [7, 11) is 0. The van der Waals surface area contributed by atoms with Crippen LogP contribution < -0.4 is 5.32 Å². The van der Waals surface area contributed by atoms with Crippen LogP contribution in [0.1, 0.15) is 25.8 Å². The van der Waals surface area contributed by atoms with E-state index in [-0.39, 0.29) is 17.8 Å². The maximum Gasteiger partial charge on any atom is 0.237 e. The predicted molar refractivity (Wildman–Crippen MR) is 109 cm³/mol. The normalized spacial score (nSPS) is 14.7. The van der Waals surface area contributed by atoms with Gasteiger partial charge in [-0.3, -0.25) is 9.36 Å². The number of hydrogen-bond acceptors (Lipinski definition) is 4. The summed E-state index contributed by atoms with van der Waals surface area (Å²) in [6.07, 6.45) is 1.99. The van der Waals surface area contributed by atoms with Gasteiger partial charge in [0, 0.05) is 16.8 Å². The van der Waals surface area contributed by atoms with E-state index in [1.807, 2.05) is 4.57 Å².